The molecule has 1 spiro atoms. The summed E-state index contributed by atoms with van der Waals surface area (Å²) in [7, 11) is 0. The minimum absolute atomic E-state index is 0. The molecule has 1 amide bonds. The molecule has 1 aliphatic carbocycles. The largest absolute Gasteiger partial charge is 0.338 e. The smallest absolute Gasteiger partial charge is 0.226 e. The topological polar surface area (TPSA) is 32.3 Å². The number of halogens is 3. The molecule has 1 aromatic carbocycles. The summed E-state index contributed by atoms with van der Waals surface area (Å²) < 4.78 is 0. The Bertz CT molecular complexity index is 629. The van der Waals surface area contributed by atoms with Crippen LogP contribution < -0.4 is 5.32 Å². The first-order valence-electron chi connectivity index (χ1n) is 8.05. The van der Waals surface area contributed by atoms with E-state index in [1.165, 1.54) is 5.56 Å². The van der Waals surface area contributed by atoms with Crippen molar-refractivity contribution in [1.82, 2.24) is 10.2 Å². The van der Waals surface area contributed by atoms with Crippen LogP contribution in [0.4, 0.5) is 0 Å². The Labute approximate surface area is 153 Å². The SMILES string of the molecule is Cl.O=C(C1CC12CCNCC2)N1CCc2cc(Cl)cc(Cl)c2C1. The van der Waals surface area contributed by atoms with E-state index in [0.717, 1.165) is 50.9 Å². The quantitative estimate of drug-likeness (QED) is 0.812. The van der Waals surface area contributed by atoms with Crippen molar-refractivity contribution in [1.29, 1.82) is 0 Å². The van der Waals surface area contributed by atoms with Gasteiger partial charge in [-0.05, 0) is 67.4 Å². The molecular weight excluding hydrogens is 355 g/mol. The number of amides is 1. The maximum Gasteiger partial charge on any atom is 0.226 e. The summed E-state index contributed by atoms with van der Waals surface area (Å²) in [5.74, 6) is 0.570. The number of benzene rings is 1. The lowest BCUT2D eigenvalue weighted by atomic mass is 9.91. The van der Waals surface area contributed by atoms with Gasteiger partial charge in [0.2, 0.25) is 5.91 Å². The Morgan fingerprint density at radius 1 is 1.26 bits per heavy atom. The maximum atomic E-state index is 12.9. The molecular formula is C17H21Cl3N2O. The number of nitrogens with zero attached hydrogens (tertiary/aromatic N) is 1. The summed E-state index contributed by atoms with van der Waals surface area (Å²) in [6, 6.07) is 3.76. The van der Waals surface area contributed by atoms with E-state index in [2.05, 4.69) is 5.32 Å². The molecule has 4 rings (SSSR count). The molecule has 1 aromatic rings. The lowest BCUT2D eigenvalue weighted by Gasteiger charge is -2.31. The Morgan fingerprint density at radius 2 is 2.00 bits per heavy atom. The summed E-state index contributed by atoms with van der Waals surface area (Å²) in [4.78, 5) is 14.9. The van der Waals surface area contributed by atoms with Crippen molar-refractivity contribution in [2.75, 3.05) is 19.6 Å². The zero-order valence-corrected chi connectivity index (χ0v) is 15.2. The van der Waals surface area contributed by atoms with Crippen molar-refractivity contribution >= 4 is 41.5 Å². The van der Waals surface area contributed by atoms with E-state index in [-0.39, 0.29) is 18.3 Å². The van der Waals surface area contributed by atoms with E-state index in [9.17, 15) is 4.79 Å². The molecule has 6 heteroatoms. The Kier molecular flexibility index (Phi) is 4.85. The van der Waals surface area contributed by atoms with Crippen LogP contribution in [0.5, 0.6) is 0 Å². The van der Waals surface area contributed by atoms with Crippen molar-refractivity contribution in [3.8, 4) is 0 Å². The predicted molar refractivity (Wildman–Crippen MR) is 95.5 cm³/mol. The van der Waals surface area contributed by atoms with Crippen molar-refractivity contribution in [3.63, 3.8) is 0 Å². The molecule has 0 radical (unpaired) electrons. The molecule has 2 aliphatic heterocycles. The van der Waals surface area contributed by atoms with Gasteiger partial charge in [-0.25, -0.2) is 0 Å². The number of hydrogen-bond acceptors (Lipinski definition) is 2. The molecule has 1 saturated carbocycles. The number of piperidine rings is 1. The highest BCUT2D eigenvalue weighted by atomic mass is 35.5. The fraction of sp³-hybridized carbons (Fsp3) is 0.588. The number of hydrogen-bond donors (Lipinski definition) is 1. The molecule has 0 bridgehead atoms. The van der Waals surface area contributed by atoms with Gasteiger partial charge in [0.05, 0.1) is 0 Å². The molecule has 2 heterocycles. The van der Waals surface area contributed by atoms with Crippen LogP contribution in [0.1, 0.15) is 30.4 Å². The molecule has 3 aliphatic rings. The second-order valence-electron chi connectivity index (χ2n) is 6.90. The van der Waals surface area contributed by atoms with E-state index < -0.39 is 0 Å². The van der Waals surface area contributed by atoms with Crippen molar-refractivity contribution in [2.24, 2.45) is 11.3 Å². The van der Waals surface area contributed by atoms with Gasteiger partial charge >= 0.3 is 0 Å². The summed E-state index contributed by atoms with van der Waals surface area (Å²) in [6.45, 7) is 3.52. The standard InChI is InChI=1S/C17H20Cl2N2O.ClH/c18-12-7-11-1-6-21(10-13(11)15(19)8-12)16(22)14-9-17(14)2-4-20-5-3-17;/h7-8,14,20H,1-6,9-10H2;1H. The van der Waals surface area contributed by atoms with E-state index >= 15 is 0 Å². The molecule has 23 heavy (non-hydrogen) atoms. The second kappa shape index (κ2) is 6.44. The van der Waals surface area contributed by atoms with Gasteiger partial charge in [0, 0.05) is 29.1 Å². The van der Waals surface area contributed by atoms with Gasteiger partial charge in [-0.1, -0.05) is 23.2 Å². The lowest BCUT2D eigenvalue weighted by Crippen LogP contribution is -2.39. The minimum atomic E-state index is 0. The van der Waals surface area contributed by atoms with Crippen LogP contribution in [0, 0.1) is 11.3 Å². The predicted octanol–water partition coefficient (Wildman–Crippen LogP) is 3.69. The van der Waals surface area contributed by atoms with Gasteiger partial charge in [0.1, 0.15) is 0 Å². The zero-order chi connectivity index (χ0) is 15.3. The van der Waals surface area contributed by atoms with Crippen molar-refractivity contribution < 1.29 is 4.79 Å². The van der Waals surface area contributed by atoms with Crippen LogP contribution >= 0.6 is 35.6 Å². The third kappa shape index (κ3) is 3.09. The summed E-state index contributed by atoms with van der Waals surface area (Å²) >= 11 is 12.4. The van der Waals surface area contributed by atoms with Crippen LogP contribution in [0.25, 0.3) is 0 Å². The number of nitrogens with one attached hydrogen (secondary N) is 1. The first kappa shape index (κ1) is 17.3. The minimum Gasteiger partial charge on any atom is -0.338 e. The van der Waals surface area contributed by atoms with Crippen LogP contribution in [-0.2, 0) is 17.8 Å². The molecule has 0 aromatic heterocycles. The normalized spacial score (nSPS) is 24.8. The molecule has 1 saturated heterocycles. The van der Waals surface area contributed by atoms with E-state index in [1.54, 1.807) is 6.07 Å². The van der Waals surface area contributed by atoms with Crippen LogP contribution in [0.2, 0.25) is 10.0 Å². The lowest BCUT2D eigenvalue weighted by molar-refractivity contribution is -0.134. The van der Waals surface area contributed by atoms with Crippen LogP contribution in [0.15, 0.2) is 12.1 Å². The van der Waals surface area contributed by atoms with Crippen LogP contribution in [0.3, 0.4) is 0 Å². The summed E-state index contributed by atoms with van der Waals surface area (Å²) in [5, 5.41) is 4.76. The first-order chi connectivity index (χ1) is 10.6. The monoisotopic (exact) mass is 374 g/mol. The first-order valence-corrected chi connectivity index (χ1v) is 8.81. The van der Waals surface area contributed by atoms with Gasteiger partial charge in [-0.2, -0.15) is 0 Å². The fourth-order valence-electron chi connectivity index (χ4n) is 4.16. The molecule has 1 N–H and O–H groups in total. The van der Waals surface area contributed by atoms with Crippen molar-refractivity contribution in [2.45, 2.75) is 32.2 Å². The zero-order valence-electron chi connectivity index (χ0n) is 12.9. The van der Waals surface area contributed by atoms with E-state index in [4.69, 9.17) is 23.2 Å². The second-order valence-corrected chi connectivity index (χ2v) is 7.75. The third-order valence-electron chi connectivity index (χ3n) is 5.65. The van der Waals surface area contributed by atoms with Gasteiger partial charge < -0.3 is 10.2 Å². The molecule has 1 atom stereocenters. The number of carbonyl (C=O) groups is 1. The van der Waals surface area contributed by atoms with Gasteiger partial charge in [-0.3, -0.25) is 4.79 Å². The van der Waals surface area contributed by atoms with Gasteiger partial charge in [0.15, 0.2) is 0 Å². The van der Waals surface area contributed by atoms with Crippen molar-refractivity contribution in [3.05, 3.63) is 33.3 Å². The van der Waals surface area contributed by atoms with Crippen LogP contribution in [-0.4, -0.2) is 30.4 Å². The molecule has 1 unspecified atom stereocenters. The average molecular weight is 376 g/mol. The third-order valence-corrected chi connectivity index (χ3v) is 6.21. The Hall–Kier alpha value is -0.480. The highest BCUT2D eigenvalue weighted by Gasteiger charge is 2.58. The average Bonchev–Trinajstić information content (AvgIpc) is 3.20. The number of carbonyl (C=O) groups excluding carboxylic acids is 1. The highest BCUT2D eigenvalue weighted by Crippen LogP contribution is 2.59. The Morgan fingerprint density at radius 3 is 2.74 bits per heavy atom. The number of fused-ring (bicyclic) bond motifs is 1. The molecule has 3 nitrogen and oxygen atoms in total. The number of rotatable bonds is 1. The highest BCUT2D eigenvalue weighted by molar-refractivity contribution is 6.35. The maximum absolute atomic E-state index is 12.9. The van der Waals surface area contributed by atoms with E-state index in [0.29, 0.717) is 27.9 Å². The summed E-state index contributed by atoms with van der Waals surface area (Å²) in [5.41, 5.74) is 2.56. The van der Waals surface area contributed by atoms with E-state index in [1.807, 2.05) is 11.0 Å². The van der Waals surface area contributed by atoms with Gasteiger partial charge in [0.25, 0.3) is 0 Å². The molecule has 2 fully saturated rings. The Balaban J connectivity index is 0.00000156. The fourth-order valence-corrected chi connectivity index (χ4v) is 4.76. The summed E-state index contributed by atoms with van der Waals surface area (Å²) in [6.07, 6.45) is 4.21. The van der Waals surface area contributed by atoms with Gasteiger partial charge in [-0.15, -0.1) is 12.4 Å². The molecule has 126 valence electrons.